The molecule has 0 spiro atoms. The van der Waals surface area contributed by atoms with E-state index in [1.54, 1.807) is 37.4 Å². The van der Waals surface area contributed by atoms with Crippen LogP contribution in [0.1, 0.15) is 17.5 Å². The maximum absolute atomic E-state index is 13.1. The minimum Gasteiger partial charge on any atom is -0.337 e. The molecule has 1 amide bonds. The molecule has 3 rings (SSSR count). The summed E-state index contributed by atoms with van der Waals surface area (Å²) in [7, 11) is -0.629. The van der Waals surface area contributed by atoms with Gasteiger partial charge in [0.1, 0.15) is 6.04 Å². The van der Waals surface area contributed by atoms with Gasteiger partial charge in [-0.15, -0.1) is 11.3 Å². The largest absolute Gasteiger partial charge is 0.337 e. The monoisotopic (exact) mass is 420 g/mol. The van der Waals surface area contributed by atoms with Gasteiger partial charge in [-0.05, 0) is 17.0 Å². The molecule has 0 saturated heterocycles. The van der Waals surface area contributed by atoms with E-state index in [-0.39, 0.29) is 12.4 Å². The van der Waals surface area contributed by atoms with Gasteiger partial charge in [0.2, 0.25) is 27.6 Å². The first-order valence-electron chi connectivity index (χ1n) is 8.37. The maximum atomic E-state index is 13.1. The van der Waals surface area contributed by atoms with Gasteiger partial charge in [-0.2, -0.15) is 9.29 Å². The summed E-state index contributed by atoms with van der Waals surface area (Å²) in [5.41, 5.74) is 0.581. The number of carbonyl (C=O) groups is 1. The van der Waals surface area contributed by atoms with Gasteiger partial charge in [0.25, 0.3) is 0 Å². The van der Waals surface area contributed by atoms with Gasteiger partial charge in [-0.25, -0.2) is 8.42 Å². The van der Waals surface area contributed by atoms with E-state index in [9.17, 15) is 13.2 Å². The molecule has 2 aromatic heterocycles. The number of aromatic nitrogens is 2. The molecule has 0 unspecified atom stereocenters. The van der Waals surface area contributed by atoms with Crippen molar-refractivity contribution in [3.63, 3.8) is 0 Å². The van der Waals surface area contributed by atoms with Crippen LogP contribution in [-0.4, -0.2) is 54.0 Å². The van der Waals surface area contributed by atoms with Crippen molar-refractivity contribution in [2.45, 2.75) is 12.6 Å². The highest BCUT2D eigenvalue weighted by atomic mass is 32.2. The van der Waals surface area contributed by atoms with Gasteiger partial charge in [-0.1, -0.05) is 41.6 Å². The van der Waals surface area contributed by atoms with Crippen molar-refractivity contribution in [3.05, 3.63) is 59.3 Å². The van der Waals surface area contributed by atoms with Gasteiger partial charge in [-0.3, -0.25) is 4.79 Å². The lowest BCUT2D eigenvalue weighted by atomic mass is 10.1. The number of hydrogen-bond acceptors (Lipinski definition) is 7. The van der Waals surface area contributed by atoms with Crippen molar-refractivity contribution in [3.8, 4) is 10.7 Å². The molecule has 0 radical (unpaired) electrons. The standard InChI is InChI=1S/C18H20N4O4S2/c1-21(12-15-19-17(20-26-15)14-10-7-11-27-14)18(23)16(22(2)28(3,24)25)13-8-5-4-6-9-13/h4-11,16H,12H2,1-3H3/t16-/m0/s1. The molecular formula is C18H20N4O4S2. The quantitative estimate of drug-likeness (QED) is 0.582. The number of carbonyl (C=O) groups excluding carboxylic acids is 1. The Morgan fingerprint density at radius 1 is 1.18 bits per heavy atom. The van der Waals surface area contributed by atoms with Crippen LogP contribution in [0, 0.1) is 0 Å². The molecule has 0 fully saturated rings. The Labute approximate surface area is 167 Å². The van der Waals surface area contributed by atoms with Crippen LogP contribution in [-0.2, 0) is 21.4 Å². The third-order valence-electron chi connectivity index (χ3n) is 4.19. The summed E-state index contributed by atoms with van der Waals surface area (Å²) >= 11 is 1.48. The predicted octanol–water partition coefficient (Wildman–Crippen LogP) is 2.39. The molecule has 0 saturated carbocycles. The second kappa shape index (κ2) is 8.21. The lowest BCUT2D eigenvalue weighted by molar-refractivity contribution is -0.134. The van der Waals surface area contributed by atoms with Crippen LogP contribution in [0.15, 0.2) is 52.4 Å². The highest BCUT2D eigenvalue weighted by molar-refractivity contribution is 7.88. The number of hydrogen-bond donors (Lipinski definition) is 0. The first-order valence-corrected chi connectivity index (χ1v) is 11.1. The average molecular weight is 421 g/mol. The zero-order chi connectivity index (χ0) is 20.3. The zero-order valence-electron chi connectivity index (χ0n) is 15.6. The molecule has 1 aromatic carbocycles. The maximum Gasteiger partial charge on any atom is 0.246 e. The Bertz CT molecular complexity index is 1030. The highest BCUT2D eigenvalue weighted by Gasteiger charge is 2.33. The van der Waals surface area contributed by atoms with Crippen LogP contribution >= 0.6 is 11.3 Å². The van der Waals surface area contributed by atoms with E-state index >= 15 is 0 Å². The van der Waals surface area contributed by atoms with Gasteiger partial charge >= 0.3 is 0 Å². The Kier molecular flexibility index (Phi) is 5.92. The van der Waals surface area contributed by atoms with Crippen LogP contribution in [0.25, 0.3) is 10.7 Å². The van der Waals surface area contributed by atoms with Crippen LogP contribution < -0.4 is 0 Å². The van der Waals surface area contributed by atoms with Crippen molar-refractivity contribution < 1.29 is 17.7 Å². The second-order valence-corrected chi connectivity index (χ2v) is 9.27. The molecule has 2 heterocycles. The van der Waals surface area contributed by atoms with E-state index in [1.165, 1.54) is 23.3 Å². The first-order chi connectivity index (χ1) is 13.3. The van der Waals surface area contributed by atoms with Crippen molar-refractivity contribution in [1.82, 2.24) is 19.3 Å². The van der Waals surface area contributed by atoms with Gasteiger partial charge in [0, 0.05) is 14.1 Å². The van der Waals surface area contributed by atoms with E-state index in [2.05, 4.69) is 10.1 Å². The summed E-state index contributed by atoms with van der Waals surface area (Å²) in [5, 5.41) is 5.84. The first kappa shape index (κ1) is 20.2. The van der Waals surface area contributed by atoms with Crippen LogP contribution in [0.5, 0.6) is 0 Å². The van der Waals surface area contributed by atoms with Gasteiger partial charge in [0.05, 0.1) is 17.7 Å². The number of likely N-dealkylation sites (N-methyl/N-ethyl adjacent to an activating group) is 2. The molecule has 28 heavy (non-hydrogen) atoms. The molecular weight excluding hydrogens is 400 g/mol. The fourth-order valence-electron chi connectivity index (χ4n) is 2.65. The zero-order valence-corrected chi connectivity index (χ0v) is 17.3. The third-order valence-corrected chi connectivity index (χ3v) is 6.32. The van der Waals surface area contributed by atoms with Crippen LogP contribution in [0.4, 0.5) is 0 Å². The van der Waals surface area contributed by atoms with E-state index in [1.807, 2.05) is 17.5 Å². The SMILES string of the molecule is CN(Cc1nc(-c2cccs2)no1)C(=O)[C@H](c1ccccc1)N(C)S(C)(=O)=O. The van der Waals surface area contributed by atoms with E-state index < -0.39 is 22.0 Å². The molecule has 148 valence electrons. The summed E-state index contributed by atoms with van der Waals surface area (Å²) in [6, 6.07) is 11.5. The van der Waals surface area contributed by atoms with Gasteiger partial charge in [0.15, 0.2) is 0 Å². The Morgan fingerprint density at radius 2 is 1.89 bits per heavy atom. The summed E-state index contributed by atoms with van der Waals surface area (Å²) < 4.78 is 30.5. The fraction of sp³-hybridized carbons (Fsp3) is 0.278. The van der Waals surface area contributed by atoms with E-state index in [0.717, 1.165) is 15.4 Å². The van der Waals surface area contributed by atoms with Crippen LogP contribution in [0.3, 0.4) is 0 Å². The fourth-order valence-corrected chi connectivity index (χ4v) is 3.89. The molecule has 0 N–H and O–H groups in total. The number of benzene rings is 1. The molecule has 0 aliphatic rings. The molecule has 3 aromatic rings. The van der Waals surface area contributed by atoms with Crippen molar-refractivity contribution >= 4 is 27.3 Å². The predicted molar refractivity (Wildman–Crippen MR) is 106 cm³/mol. The summed E-state index contributed by atoms with van der Waals surface area (Å²) in [6.07, 6.45) is 1.07. The summed E-state index contributed by atoms with van der Waals surface area (Å²) in [4.78, 5) is 19.7. The van der Waals surface area contributed by atoms with E-state index in [4.69, 9.17) is 4.52 Å². The molecule has 10 heteroatoms. The average Bonchev–Trinajstić information content (AvgIpc) is 3.33. The molecule has 0 aliphatic carbocycles. The molecule has 1 atom stereocenters. The number of amides is 1. The van der Waals surface area contributed by atoms with Crippen LogP contribution in [0.2, 0.25) is 0 Å². The summed E-state index contributed by atoms with van der Waals surface area (Å²) in [5.74, 6) is 0.335. The smallest absolute Gasteiger partial charge is 0.246 e. The number of sulfonamides is 1. The Morgan fingerprint density at radius 3 is 2.50 bits per heavy atom. The lowest BCUT2D eigenvalue weighted by Gasteiger charge is -2.29. The second-order valence-electron chi connectivity index (χ2n) is 6.28. The summed E-state index contributed by atoms with van der Waals surface area (Å²) in [6.45, 7) is 0.0676. The normalized spacial score (nSPS) is 12.9. The van der Waals surface area contributed by atoms with Crippen molar-refractivity contribution in [1.29, 1.82) is 0 Å². The van der Waals surface area contributed by atoms with E-state index in [0.29, 0.717) is 11.4 Å². The third kappa shape index (κ3) is 4.46. The highest BCUT2D eigenvalue weighted by Crippen LogP contribution is 2.25. The Hall–Kier alpha value is -2.56. The Balaban J connectivity index is 1.82. The number of rotatable bonds is 7. The minimum absolute atomic E-state index is 0.0676. The topological polar surface area (TPSA) is 96.6 Å². The number of thiophene rings is 1. The van der Waals surface area contributed by atoms with Crippen molar-refractivity contribution in [2.24, 2.45) is 0 Å². The number of nitrogens with zero attached hydrogens (tertiary/aromatic N) is 4. The molecule has 8 nitrogen and oxygen atoms in total. The molecule has 0 bridgehead atoms. The van der Waals surface area contributed by atoms with Crippen molar-refractivity contribution in [2.75, 3.05) is 20.4 Å². The van der Waals surface area contributed by atoms with Gasteiger partial charge < -0.3 is 9.42 Å². The minimum atomic E-state index is -3.59. The lowest BCUT2D eigenvalue weighted by Crippen LogP contribution is -2.41. The molecule has 0 aliphatic heterocycles.